The smallest absolute Gasteiger partial charge is 0.137 e. The van der Waals surface area contributed by atoms with Gasteiger partial charge in [-0.15, -0.1) is 0 Å². The van der Waals surface area contributed by atoms with Crippen LogP contribution < -0.4 is 10.1 Å². The van der Waals surface area contributed by atoms with Gasteiger partial charge in [-0.05, 0) is 53.2 Å². The minimum absolute atomic E-state index is 0.0327. The lowest BCUT2D eigenvalue weighted by atomic mass is 9.97. The number of hydrogen-bond acceptors (Lipinski definition) is 2. The molecule has 0 saturated heterocycles. The van der Waals surface area contributed by atoms with E-state index >= 15 is 0 Å². The molecule has 0 aromatic heterocycles. The van der Waals surface area contributed by atoms with Crippen molar-refractivity contribution in [2.75, 3.05) is 13.2 Å². The van der Waals surface area contributed by atoms with Crippen molar-refractivity contribution in [3.8, 4) is 5.75 Å². The van der Waals surface area contributed by atoms with Gasteiger partial charge in [-0.2, -0.15) is 0 Å². The third-order valence-corrected chi connectivity index (χ3v) is 3.82. The highest BCUT2D eigenvalue weighted by molar-refractivity contribution is 9.10. The van der Waals surface area contributed by atoms with Crippen molar-refractivity contribution in [3.05, 3.63) is 63.9 Å². The van der Waals surface area contributed by atoms with Crippen LogP contribution in [0.5, 0.6) is 5.75 Å². The monoisotopic (exact) mass is 351 g/mol. The number of benzene rings is 2. The van der Waals surface area contributed by atoms with Crippen LogP contribution in [0, 0.1) is 5.82 Å². The number of hydrogen-bond donors (Lipinski definition) is 1. The molecule has 0 radical (unpaired) electrons. The summed E-state index contributed by atoms with van der Waals surface area (Å²) in [7, 11) is 0. The summed E-state index contributed by atoms with van der Waals surface area (Å²) in [6.45, 7) is 5.44. The third kappa shape index (κ3) is 3.83. The predicted molar refractivity (Wildman–Crippen MR) is 87.2 cm³/mol. The summed E-state index contributed by atoms with van der Waals surface area (Å²) in [6, 6.07) is 13.0. The van der Waals surface area contributed by atoms with E-state index in [2.05, 4.69) is 28.2 Å². The lowest BCUT2D eigenvalue weighted by Crippen LogP contribution is -2.22. The molecule has 0 spiro atoms. The molecule has 21 heavy (non-hydrogen) atoms. The molecule has 2 aromatic rings. The van der Waals surface area contributed by atoms with E-state index in [-0.39, 0.29) is 11.9 Å². The molecule has 0 heterocycles. The fraction of sp³-hybridized carbons (Fsp3) is 0.294. The van der Waals surface area contributed by atoms with E-state index in [1.807, 2.05) is 37.3 Å². The first-order chi connectivity index (χ1) is 10.2. The largest absolute Gasteiger partial charge is 0.494 e. The first-order valence-corrected chi connectivity index (χ1v) is 7.86. The van der Waals surface area contributed by atoms with Gasteiger partial charge < -0.3 is 10.1 Å². The molecule has 4 heteroatoms. The molecule has 0 bridgehead atoms. The van der Waals surface area contributed by atoms with E-state index in [1.54, 1.807) is 6.07 Å². The van der Waals surface area contributed by atoms with E-state index < -0.39 is 0 Å². The van der Waals surface area contributed by atoms with Crippen molar-refractivity contribution >= 4 is 15.9 Å². The number of nitrogens with one attached hydrogen (secondary N) is 1. The van der Waals surface area contributed by atoms with Gasteiger partial charge in [0.1, 0.15) is 11.6 Å². The Morgan fingerprint density at radius 2 is 1.95 bits per heavy atom. The third-order valence-electron chi connectivity index (χ3n) is 3.22. The van der Waals surface area contributed by atoms with Crippen LogP contribution in [0.4, 0.5) is 4.39 Å². The van der Waals surface area contributed by atoms with Gasteiger partial charge in [0, 0.05) is 5.56 Å². The van der Waals surface area contributed by atoms with Crippen LogP contribution >= 0.6 is 15.9 Å². The van der Waals surface area contributed by atoms with Crippen LogP contribution in [0.1, 0.15) is 31.0 Å². The summed E-state index contributed by atoms with van der Waals surface area (Å²) in [4.78, 5) is 0. The second-order valence-corrected chi connectivity index (χ2v) is 5.49. The number of ether oxygens (including phenoxy) is 1. The van der Waals surface area contributed by atoms with Crippen molar-refractivity contribution in [2.24, 2.45) is 0 Å². The highest BCUT2D eigenvalue weighted by Gasteiger charge is 2.18. The van der Waals surface area contributed by atoms with E-state index in [1.165, 1.54) is 6.07 Å². The molecule has 112 valence electrons. The fourth-order valence-corrected chi connectivity index (χ4v) is 2.71. The van der Waals surface area contributed by atoms with Gasteiger partial charge in [0.15, 0.2) is 0 Å². The molecular weight excluding hydrogens is 333 g/mol. The maximum absolute atomic E-state index is 13.5. The molecule has 2 aromatic carbocycles. The normalized spacial score (nSPS) is 12.2. The van der Waals surface area contributed by atoms with E-state index in [9.17, 15) is 4.39 Å². The number of halogens is 2. The Bertz CT molecular complexity index is 603. The minimum Gasteiger partial charge on any atom is -0.494 e. The summed E-state index contributed by atoms with van der Waals surface area (Å²) in [5.74, 6) is 0.596. The quantitative estimate of drug-likeness (QED) is 0.815. The topological polar surface area (TPSA) is 21.3 Å². The Balaban J connectivity index is 2.45. The molecule has 0 aliphatic carbocycles. The molecule has 2 rings (SSSR count). The zero-order valence-electron chi connectivity index (χ0n) is 12.2. The molecule has 0 amide bonds. The van der Waals surface area contributed by atoms with E-state index in [0.29, 0.717) is 11.1 Å². The van der Waals surface area contributed by atoms with Crippen molar-refractivity contribution in [1.82, 2.24) is 5.32 Å². The van der Waals surface area contributed by atoms with Crippen LogP contribution in [0.25, 0.3) is 0 Å². The van der Waals surface area contributed by atoms with Gasteiger partial charge in [-0.3, -0.25) is 0 Å². The molecule has 0 saturated carbocycles. The van der Waals surface area contributed by atoms with Crippen molar-refractivity contribution in [3.63, 3.8) is 0 Å². The Morgan fingerprint density at radius 3 is 2.62 bits per heavy atom. The molecule has 0 aliphatic rings. The standard InChI is InChI=1S/C17H19BrFNO/c1-3-20-17(12-9-10-15(19)14(18)11-12)13-7-5-6-8-16(13)21-4-2/h5-11,17,20H,3-4H2,1-2H3. The molecule has 2 nitrogen and oxygen atoms in total. The fourth-order valence-electron chi connectivity index (χ4n) is 2.31. The Hall–Kier alpha value is -1.39. The second kappa shape index (κ2) is 7.57. The van der Waals surface area contributed by atoms with Crippen LogP contribution in [0.2, 0.25) is 0 Å². The maximum atomic E-state index is 13.5. The maximum Gasteiger partial charge on any atom is 0.137 e. The minimum atomic E-state index is -0.257. The molecule has 0 fully saturated rings. The van der Waals surface area contributed by atoms with Crippen LogP contribution in [0.15, 0.2) is 46.9 Å². The SMILES string of the molecule is CCNC(c1ccc(F)c(Br)c1)c1ccccc1OCC. The summed E-state index contributed by atoms with van der Waals surface area (Å²) >= 11 is 3.25. The lowest BCUT2D eigenvalue weighted by molar-refractivity contribution is 0.333. The first-order valence-electron chi connectivity index (χ1n) is 7.07. The molecule has 1 N–H and O–H groups in total. The summed E-state index contributed by atoms with van der Waals surface area (Å²) < 4.78 is 19.6. The van der Waals surface area contributed by atoms with Gasteiger partial charge >= 0.3 is 0 Å². The molecule has 1 unspecified atom stereocenters. The van der Waals surface area contributed by atoms with Crippen molar-refractivity contribution < 1.29 is 9.13 Å². The number of para-hydroxylation sites is 1. The Morgan fingerprint density at radius 1 is 1.19 bits per heavy atom. The first kappa shape index (κ1) is 16.0. The summed E-state index contributed by atoms with van der Waals surface area (Å²) in [5.41, 5.74) is 2.05. The van der Waals surface area contributed by atoms with Gasteiger partial charge in [0.05, 0.1) is 17.1 Å². The molecular formula is C17H19BrFNO. The zero-order chi connectivity index (χ0) is 15.2. The van der Waals surface area contributed by atoms with Crippen LogP contribution in [0.3, 0.4) is 0 Å². The van der Waals surface area contributed by atoms with Gasteiger partial charge in [-0.25, -0.2) is 4.39 Å². The van der Waals surface area contributed by atoms with Gasteiger partial charge in [0.2, 0.25) is 0 Å². The molecule has 1 atom stereocenters. The average Bonchev–Trinajstić information content (AvgIpc) is 2.49. The Labute approximate surface area is 133 Å². The van der Waals surface area contributed by atoms with Crippen LogP contribution in [-0.2, 0) is 0 Å². The predicted octanol–water partition coefficient (Wildman–Crippen LogP) is 4.69. The average molecular weight is 352 g/mol. The molecule has 0 aliphatic heterocycles. The Kier molecular flexibility index (Phi) is 5.76. The van der Waals surface area contributed by atoms with Crippen molar-refractivity contribution in [2.45, 2.75) is 19.9 Å². The second-order valence-electron chi connectivity index (χ2n) is 4.64. The van der Waals surface area contributed by atoms with Crippen LogP contribution in [-0.4, -0.2) is 13.2 Å². The number of rotatable bonds is 6. The summed E-state index contributed by atoms with van der Waals surface area (Å²) in [5, 5.41) is 3.44. The zero-order valence-corrected chi connectivity index (χ0v) is 13.8. The highest BCUT2D eigenvalue weighted by atomic mass is 79.9. The van der Waals surface area contributed by atoms with Gasteiger partial charge in [-0.1, -0.05) is 31.2 Å². The van der Waals surface area contributed by atoms with Gasteiger partial charge in [0.25, 0.3) is 0 Å². The highest BCUT2D eigenvalue weighted by Crippen LogP contribution is 2.31. The van der Waals surface area contributed by atoms with Crippen molar-refractivity contribution in [1.29, 1.82) is 0 Å². The van der Waals surface area contributed by atoms with E-state index in [0.717, 1.165) is 23.4 Å². The lowest BCUT2D eigenvalue weighted by Gasteiger charge is -2.22. The van der Waals surface area contributed by atoms with E-state index in [4.69, 9.17) is 4.74 Å². The summed E-state index contributed by atoms with van der Waals surface area (Å²) in [6.07, 6.45) is 0.